The molecule has 1 saturated heterocycles. The molecule has 0 N–H and O–H groups in total. The molecule has 1 aliphatic rings. The molecule has 0 aliphatic carbocycles. The molecule has 2 amide bonds. The summed E-state index contributed by atoms with van der Waals surface area (Å²) in [5, 5.41) is 0. The second-order valence-electron chi connectivity index (χ2n) is 11.3. The first-order valence-corrected chi connectivity index (χ1v) is 15.5. The van der Waals surface area contributed by atoms with E-state index in [0.29, 0.717) is 49.8 Å². The molecular formula is C37H41N3O6. The number of carbonyl (C=O) groups is 2. The van der Waals surface area contributed by atoms with Crippen LogP contribution in [0.25, 0.3) is 0 Å². The van der Waals surface area contributed by atoms with Crippen LogP contribution in [0.3, 0.4) is 0 Å². The average molecular weight is 624 g/mol. The Balaban J connectivity index is 1.36. The van der Waals surface area contributed by atoms with Gasteiger partial charge in [-0.3, -0.25) is 14.6 Å². The Kier molecular flexibility index (Phi) is 10.8. The van der Waals surface area contributed by atoms with Crippen LogP contribution in [-0.4, -0.2) is 56.2 Å². The molecule has 2 heterocycles. The maximum atomic E-state index is 14.0. The molecular weight excluding hydrogens is 582 g/mol. The first kappa shape index (κ1) is 32.3. The lowest BCUT2D eigenvalue weighted by atomic mass is 9.98. The van der Waals surface area contributed by atoms with E-state index in [1.54, 1.807) is 49.5 Å². The quantitative estimate of drug-likeness (QED) is 0.145. The van der Waals surface area contributed by atoms with E-state index in [9.17, 15) is 9.59 Å². The topological polar surface area (TPSA) is 90.4 Å². The summed E-state index contributed by atoms with van der Waals surface area (Å²) >= 11 is 0. The number of amides is 2. The zero-order chi connectivity index (χ0) is 32.5. The van der Waals surface area contributed by atoms with Gasteiger partial charge in [-0.2, -0.15) is 0 Å². The Labute approximate surface area is 270 Å². The van der Waals surface area contributed by atoms with E-state index in [0.717, 1.165) is 41.0 Å². The summed E-state index contributed by atoms with van der Waals surface area (Å²) in [6, 6.07) is 24.6. The van der Waals surface area contributed by atoms with Crippen LogP contribution >= 0.6 is 0 Å². The van der Waals surface area contributed by atoms with Crippen molar-refractivity contribution in [1.82, 2.24) is 9.88 Å². The number of nitrogens with zero attached hydrogens (tertiary/aromatic N) is 3. The summed E-state index contributed by atoms with van der Waals surface area (Å²) in [5.74, 6) is 2.58. The first-order valence-electron chi connectivity index (χ1n) is 15.5. The van der Waals surface area contributed by atoms with Gasteiger partial charge in [0.2, 0.25) is 5.91 Å². The molecule has 46 heavy (non-hydrogen) atoms. The summed E-state index contributed by atoms with van der Waals surface area (Å²) in [5.41, 5.74) is 3.83. The fourth-order valence-electron chi connectivity index (χ4n) is 5.54. The Morgan fingerprint density at radius 3 is 2.09 bits per heavy atom. The van der Waals surface area contributed by atoms with Gasteiger partial charge in [0.1, 0.15) is 17.2 Å². The molecule has 0 unspecified atom stereocenters. The number of hydrogen-bond donors (Lipinski definition) is 0. The highest BCUT2D eigenvalue weighted by atomic mass is 16.5. The van der Waals surface area contributed by atoms with E-state index in [-0.39, 0.29) is 23.4 Å². The van der Waals surface area contributed by atoms with E-state index in [4.69, 9.17) is 18.9 Å². The lowest BCUT2D eigenvalue weighted by Gasteiger charge is -2.24. The van der Waals surface area contributed by atoms with E-state index in [1.807, 2.05) is 66.7 Å². The molecule has 9 nitrogen and oxygen atoms in total. The number of rotatable bonds is 14. The summed E-state index contributed by atoms with van der Waals surface area (Å²) in [4.78, 5) is 35.3. The Morgan fingerprint density at radius 2 is 1.50 bits per heavy atom. The number of pyridine rings is 1. The van der Waals surface area contributed by atoms with Gasteiger partial charge >= 0.3 is 0 Å². The molecule has 0 bridgehead atoms. The number of unbranched alkanes of at least 4 members (excludes halogenated alkanes) is 1. The summed E-state index contributed by atoms with van der Waals surface area (Å²) in [6.45, 7) is 3.94. The normalized spacial score (nSPS) is 14.2. The van der Waals surface area contributed by atoms with Crippen LogP contribution in [0.5, 0.6) is 23.0 Å². The zero-order valence-electron chi connectivity index (χ0n) is 26.9. The predicted molar refractivity (Wildman–Crippen MR) is 177 cm³/mol. The molecule has 0 saturated carbocycles. The highest BCUT2D eigenvalue weighted by Crippen LogP contribution is 2.37. The van der Waals surface area contributed by atoms with Crippen molar-refractivity contribution >= 4 is 17.5 Å². The number of carbonyl (C=O) groups excluding carboxylic acids is 2. The third-order valence-corrected chi connectivity index (χ3v) is 8.17. The molecule has 1 atom stereocenters. The zero-order valence-corrected chi connectivity index (χ0v) is 26.9. The molecule has 0 radical (unpaired) electrons. The Bertz CT molecular complexity index is 1570. The summed E-state index contributed by atoms with van der Waals surface area (Å²) < 4.78 is 22.1. The van der Waals surface area contributed by atoms with E-state index in [1.165, 1.54) is 0 Å². The van der Waals surface area contributed by atoms with Gasteiger partial charge < -0.3 is 28.7 Å². The molecule has 0 spiro atoms. The molecule has 240 valence electrons. The van der Waals surface area contributed by atoms with Crippen LogP contribution in [0, 0.1) is 0 Å². The number of benzene rings is 3. The van der Waals surface area contributed by atoms with Crippen molar-refractivity contribution < 1.29 is 28.5 Å². The van der Waals surface area contributed by atoms with Gasteiger partial charge in [0.15, 0.2) is 11.5 Å². The molecule has 3 aromatic carbocycles. The minimum atomic E-state index is -0.235. The van der Waals surface area contributed by atoms with Crippen molar-refractivity contribution in [2.75, 3.05) is 39.4 Å². The van der Waals surface area contributed by atoms with Gasteiger partial charge in [0, 0.05) is 43.9 Å². The Hall–Kier alpha value is -5.05. The van der Waals surface area contributed by atoms with E-state index >= 15 is 0 Å². The molecule has 1 fully saturated rings. The number of anilines is 1. The first-order chi connectivity index (χ1) is 22.4. The van der Waals surface area contributed by atoms with Gasteiger partial charge in [0.25, 0.3) is 5.91 Å². The third kappa shape index (κ3) is 7.77. The van der Waals surface area contributed by atoms with Gasteiger partial charge in [-0.1, -0.05) is 43.7 Å². The Morgan fingerprint density at radius 1 is 0.848 bits per heavy atom. The monoisotopic (exact) mass is 623 g/mol. The van der Waals surface area contributed by atoms with Gasteiger partial charge in [-0.15, -0.1) is 0 Å². The fraction of sp³-hybridized carbons (Fsp3) is 0.324. The molecule has 9 heteroatoms. The van der Waals surface area contributed by atoms with Crippen LogP contribution in [0.15, 0.2) is 85.1 Å². The van der Waals surface area contributed by atoms with E-state index in [2.05, 4.69) is 11.9 Å². The minimum Gasteiger partial charge on any atom is -0.497 e. The predicted octanol–water partition coefficient (Wildman–Crippen LogP) is 6.65. The molecule has 1 aliphatic heterocycles. The molecule has 1 aromatic heterocycles. The standard InChI is InChI=1S/C37H41N3O6/c1-5-6-19-46-35-20-28(11-16-34(35)45-4)29-21-36(41)40(25-29)30-17-18-38-33(22-30)37(42)39(23-26-7-12-31(43-2)13-8-26)24-27-9-14-32(44-3)15-10-27/h7-18,20,22,29H,5-6,19,21,23-25H2,1-4H3/t29-/m0/s1. The van der Waals surface area contributed by atoms with Crippen molar-refractivity contribution in [3.63, 3.8) is 0 Å². The van der Waals surface area contributed by atoms with Gasteiger partial charge in [-0.25, -0.2) is 0 Å². The maximum absolute atomic E-state index is 14.0. The largest absolute Gasteiger partial charge is 0.497 e. The number of methoxy groups -OCH3 is 3. The van der Waals surface area contributed by atoms with Crippen LogP contribution in [0.4, 0.5) is 5.69 Å². The smallest absolute Gasteiger partial charge is 0.273 e. The number of ether oxygens (including phenoxy) is 4. The van der Waals surface area contributed by atoms with Crippen LogP contribution < -0.4 is 23.8 Å². The number of hydrogen-bond acceptors (Lipinski definition) is 7. The van der Waals surface area contributed by atoms with Crippen molar-refractivity contribution in [2.24, 2.45) is 0 Å². The SMILES string of the molecule is CCCCOc1cc([C@H]2CC(=O)N(c3ccnc(C(=O)N(Cc4ccc(OC)cc4)Cc4ccc(OC)cc4)c3)C2)ccc1OC. The summed E-state index contributed by atoms with van der Waals surface area (Å²) in [6.07, 6.45) is 3.93. The van der Waals surface area contributed by atoms with Crippen molar-refractivity contribution in [3.05, 3.63) is 107 Å². The maximum Gasteiger partial charge on any atom is 0.273 e. The lowest BCUT2D eigenvalue weighted by molar-refractivity contribution is -0.117. The lowest BCUT2D eigenvalue weighted by Crippen LogP contribution is -2.31. The highest BCUT2D eigenvalue weighted by Gasteiger charge is 2.33. The fourth-order valence-corrected chi connectivity index (χ4v) is 5.54. The van der Waals surface area contributed by atoms with Crippen LogP contribution in [0.1, 0.15) is 59.3 Å². The number of aromatic nitrogens is 1. The van der Waals surface area contributed by atoms with Crippen molar-refractivity contribution in [2.45, 2.75) is 45.2 Å². The summed E-state index contributed by atoms with van der Waals surface area (Å²) in [7, 11) is 4.87. The molecule has 5 rings (SSSR count). The molecule has 4 aromatic rings. The van der Waals surface area contributed by atoms with Gasteiger partial charge in [-0.05, 0) is 71.6 Å². The van der Waals surface area contributed by atoms with Crippen molar-refractivity contribution in [1.29, 1.82) is 0 Å². The van der Waals surface area contributed by atoms with Crippen molar-refractivity contribution in [3.8, 4) is 23.0 Å². The second kappa shape index (κ2) is 15.3. The van der Waals surface area contributed by atoms with E-state index < -0.39 is 0 Å². The second-order valence-corrected chi connectivity index (χ2v) is 11.3. The van der Waals surface area contributed by atoms with Gasteiger partial charge in [0.05, 0.1) is 27.9 Å². The van der Waals surface area contributed by atoms with Crippen LogP contribution in [0.2, 0.25) is 0 Å². The average Bonchev–Trinajstić information content (AvgIpc) is 3.49. The highest BCUT2D eigenvalue weighted by molar-refractivity contribution is 5.98. The third-order valence-electron chi connectivity index (χ3n) is 8.17. The minimum absolute atomic E-state index is 0.00723. The van der Waals surface area contributed by atoms with Crippen LogP contribution in [-0.2, 0) is 17.9 Å².